The van der Waals surface area contributed by atoms with Crippen LogP contribution in [0.4, 0.5) is 0 Å². The Morgan fingerprint density at radius 1 is 0.944 bits per heavy atom. The molecule has 0 radical (unpaired) electrons. The molecule has 0 atom stereocenters. The fraction of sp³-hybridized carbons (Fsp3) is 1.00. The fourth-order valence-corrected chi connectivity index (χ4v) is 3.85. The van der Waals surface area contributed by atoms with Crippen LogP contribution in [0, 0.1) is 0 Å². The molecule has 0 aromatic heterocycles. The molecule has 0 amide bonds. The van der Waals surface area contributed by atoms with Gasteiger partial charge in [0.15, 0.2) is 0 Å². The molecule has 5 heteroatoms. The molecule has 0 aromatic rings. The first-order chi connectivity index (χ1) is 8.45. The summed E-state index contributed by atoms with van der Waals surface area (Å²) < 4.78 is 26.9. The summed E-state index contributed by atoms with van der Waals surface area (Å²) in [7, 11) is -3.14. The second-order valence-corrected chi connectivity index (χ2v) is 6.66. The van der Waals surface area contributed by atoms with E-state index in [9.17, 15) is 8.42 Å². The van der Waals surface area contributed by atoms with E-state index in [1.165, 1.54) is 0 Å². The summed E-state index contributed by atoms with van der Waals surface area (Å²) in [5.74, 6) is 0.236. The lowest BCUT2D eigenvalue weighted by Crippen LogP contribution is -2.47. The minimum absolute atomic E-state index is 0.236. The third kappa shape index (κ3) is 6.71. The monoisotopic (exact) mass is 278 g/mol. The highest BCUT2D eigenvalue weighted by atomic mass is 32.2. The number of sulfonamides is 1. The van der Waals surface area contributed by atoms with Crippen molar-refractivity contribution >= 4 is 10.0 Å². The van der Waals surface area contributed by atoms with Crippen LogP contribution in [0.3, 0.4) is 0 Å². The Kier molecular flexibility index (Phi) is 8.82. The largest absolute Gasteiger partial charge is 0.317 e. The van der Waals surface area contributed by atoms with Gasteiger partial charge in [-0.15, -0.1) is 0 Å². The molecule has 0 saturated heterocycles. The predicted octanol–water partition coefficient (Wildman–Crippen LogP) is 2.26. The van der Waals surface area contributed by atoms with E-state index in [1.54, 1.807) is 0 Å². The van der Waals surface area contributed by atoms with Crippen molar-refractivity contribution in [2.45, 2.75) is 65.3 Å². The highest BCUT2D eigenvalue weighted by Crippen LogP contribution is 2.20. The number of hydrogen-bond donors (Lipinski definition) is 2. The van der Waals surface area contributed by atoms with Gasteiger partial charge >= 0.3 is 0 Å². The molecule has 0 aliphatic heterocycles. The number of hydrogen-bond acceptors (Lipinski definition) is 3. The highest BCUT2D eigenvalue weighted by molar-refractivity contribution is 7.89. The summed E-state index contributed by atoms with van der Waals surface area (Å²) in [6.07, 6.45) is 4.16. The molecule has 0 aliphatic rings. The predicted molar refractivity (Wildman–Crippen MR) is 78.3 cm³/mol. The van der Waals surface area contributed by atoms with Crippen LogP contribution in [0.1, 0.15) is 59.8 Å². The summed E-state index contributed by atoms with van der Waals surface area (Å²) in [5, 5.41) is 3.20. The SMILES string of the molecule is CCNCCCCS(=O)(=O)NC(CC)(CC)CC. The zero-order valence-corrected chi connectivity index (χ0v) is 13.2. The maximum absolute atomic E-state index is 12.0. The van der Waals surface area contributed by atoms with E-state index in [4.69, 9.17) is 0 Å². The number of nitrogens with one attached hydrogen (secondary N) is 2. The van der Waals surface area contributed by atoms with Crippen molar-refractivity contribution in [3.8, 4) is 0 Å². The van der Waals surface area contributed by atoms with Gasteiger partial charge in [-0.2, -0.15) is 0 Å². The molecule has 0 fully saturated rings. The van der Waals surface area contributed by atoms with Crippen LogP contribution in [-0.4, -0.2) is 32.8 Å². The third-order valence-corrected chi connectivity index (χ3v) is 5.24. The topological polar surface area (TPSA) is 58.2 Å². The van der Waals surface area contributed by atoms with Crippen molar-refractivity contribution in [1.29, 1.82) is 0 Å². The van der Waals surface area contributed by atoms with Gasteiger partial charge in [0.2, 0.25) is 10.0 Å². The van der Waals surface area contributed by atoms with Gasteiger partial charge in [-0.05, 0) is 45.2 Å². The first kappa shape index (κ1) is 17.9. The molecular formula is C13H30N2O2S. The molecule has 0 heterocycles. The normalized spacial score (nSPS) is 12.9. The van der Waals surface area contributed by atoms with Crippen molar-refractivity contribution < 1.29 is 8.42 Å². The molecular weight excluding hydrogens is 248 g/mol. The van der Waals surface area contributed by atoms with Crippen LogP contribution in [0.15, 0.2) is 0 Å². The molecule has 0 saturated carbocycles. The number of unbranched alkanes of at least 4 members (excludes halogenated alkanes) is 1. The van der Waals surface area contributed by atoms with Crippen molar-refractivity contribution in [2.24, 2.45) is 0 Å². The van der Waals surface area contributed by atoms with Crippen molar-refractivity contribution in [3.05, 3.63) is 0 Å². The van der Waals surface area contributed by atoms with Crippen LogP contribution < -0.4 is 10.0 Å². The van der Waals surface area contributed by atoms with Gasteiger partial charge in [-0.1, -0.05) is 27.7 Å². The van der Waals surface area contributed by atoms with Crippen LogP contribution in [0.5, 0.6) is 0 Å². The minimum atomic E-state index is -3.14. The summed E-state index contributed by atoms with van der Waals surface area (Å²) in [4.78, 5) is 0. The van der Waals surface area contributed by atoms with Crippen molar-refractivity contribution in [2.75, 3.05) is 18.8 Å². The lowest BCUT2D eigenvalue weighted by Gasteiger charge is -2.31. The lowest BCUT2D eigenvalue weighted by molar-refractivity contribution is 0.341. The minimum Gasteiger partial charge on any atom is -0.317 e. The molecule has 0 spiro atoms. The summed E-state index contributed by atoms with van der Waals surface area (Å²) in [6, 6.07) is 0. The molecule has 0 bridgehead atoms. The molecule has 2 N–H and O–H groups in total. The second-order valence-electron chi connectivity index (χ2n) is 4.82. The summed E-state index contributed by atoms with van der Waals surface area (Å²) in [6.45, 7) is 10.0. The van der Waals surface area contributed by atoms with Gasteiger partial charge in [0, 0.05) is 5.54 Å². The summed E-state index contributed by atoms with van der Waals surface area (Å²) >= 11 is 0. The molecule has 0 aliphatic carbocycles. The maximum atomic E-state index is 12.0. The Morgan fingerprint density at radius 2 is 1.50 bits per heavy atom. The van der Waals surface area contributed by atoms with E-state index in [2.05, 4.69) is 17.0 Å². The van der Waals surface area contributed by atoms with E-state index in [0.717, 1.165) is 45.2 Å². The Labute approximate surface area is 113 Å². The standard InChI is InChI=1S/C13H30N2O2S/c1-5-13(6-2,7-3)15-18(16,17)12-10-9-11-14-8-4/h14-15H,5-12H2,1-4H3. The Morgan fingerprint density at radius 3 is 1.94 bits per heavy atom. The molecule has 110 valence electrons. The average molecular weight is 278 g/mol. The first-order valence-corrected chi connectivity index (χ1v) is 8.82. The third-order valence-electron chi connectivity index (χ3n) is 3.67. The van der Waals surface area contributed by atoms with Crippen LogP contribution >= 0.6 is 0 Å². The molecule has 4 nitrogen and oxygen atoms in total. The van der Waals surface area contributed by atoms with Gasteiger partial charge in [0.25, 0.3) is 0 Å². The molecule has 0 unspecified atom stereocenters. The van der Waals surface area contributed by atoms with Crippen LogP contribution in [0.25, 0.3) is 0 Å². The Balaban J connectivity index is 4.21. The molecule has 0 rings (SSSR count). The average Bonchev–Trinajstić information content (AvgIpc) is 2.36. The highest BCUT2D eigenvalue weighted by Gasteiger charge is 2.28. The quantitative estimate of drug-likeness (QED) is 0.570. The number of rotatable bonds is 11. The van der Waals surface area contributed by atoms with E-state index < -0.39 is 10.0 Å². The summed E-state index contributed by atoms with van der Waals surface area (Å²) in [5.41, 5.74) is -0.250. The van der Waals surface area contributed by atoms with Crippen molar-refractivity contribution in [1.82, 2.24) is 10.0 Å². The smallest absolute Gasteiger partial charge is 0.212 e. The Hall–Kier alpha value is -0.130. The van der Waals surface area contributed by atoms with E-state index in [-0.39, 0.29) is 11.3 Å². The van der Waals surface area contributed by atoms with E-state index >= 15 is 0 Å². The molecule has 18 heavy (non-hydrogen) atoms. The van der Waals surface area contributed by atoms with Gasteiger partial charge in [0.05, 0.1) is 5.75 Å². The first-order valence-electron chi connectivity index (χ1n) is 7.17. The van der Waals surface area contributed by atoms with Gasteiger partial charge in [-0.25, -0.2) is 13.1 Å². The van der Waals surface area contributed by atoms with Gasteiger partial charge in [-0.3, -0.25) is 0 Å². The van der Waals surface area contributed by atoms with E-state index in [0.29, 0.717) is 0 Å². The fourth-order valence-electron chi connectivity index (χ4n) is 2.07. The second kappa shape index (κ2) is 8.88. The zero-order chi connectivity index (χ0) is 14.1. The van der Waals surface area contributed by atoms with Gasteiger partial charge in [0.1, 0.15) is 0 Å². The van der Waals surface area contributed by atoms with Crippen LogP contribution in [-0.2, 0) is 10.0 Å². The van der Waals surface area contributed by atoms with E-state index in [1.807, 2.05) is 20.8 Å². The van der Waals surface area contributed by atoms with Crippen LogP contribution in [0.2, 0.25) is 0 Å². The zero-order valence-electron chi connectivity index (χ0n) is 12.4. The van der Waals surface area contributed by atoms with Crippen molar-refractivity contribution in [3.63, 3.8) is 0 Å². The maximum Gasteiger partial charge on any atom is 0.212 e. The lowest BCUT2D eigenvalue weighted by atomic mass is 9.91. The van der Waals surface area contributed by atoms with Gasteiger partial charge < -0.3 is 5.32 Å². The molecule has 0 aromatic carbocycles. The Bertz CT molecular complexity index is 290.